The second-order valence-electron chi connectivity index (χ2n) is 9.22. The van der Waals surface area contributed by atoms with Gasteiger partial charge in [-0.2, -0.15) is 0 Å². The van der Waals surface area contributed by atoms with Crippen LogP contribution in [0.3, 0.4) is 0 Å². The Bertz CT molecular complexity index is 1410. The van der Waals surface area contributed by atoms with Crippen molar-refractivity contribution in [1.82, 2.24) is 9.47 Å². The minimum atomic E-state index is -0.207. The van der Waals surface area contributed by atoms with Crippen LogP contribution < -0.4 is 24.5 Å². The summed E-state index contributed by atoms with van der Waals surface area (Å²) in [5.74, 6) is 1.76. The summed E-state index contributed by atoms with van der Waals surface area (Å²) in [6.07, 6.45) is 0.664. The third kappa shape index (κ3) is 3.79. The molecule has 1 aliphatic carbocycles. The number of aliphatic hydroxyl groups is 1. The quantitative estimate of drug-likeness (QED) is 0.379. The molecule has 0 radical (unpaired) electrons. The molecule has 2 aliphatic rings. The van der Waals surface area contributed by atoms with Gasteiger partial charge in [0.15, 0.2) is 28.8 Å². The molecule has 9 heteroatoms. The summed E-state index contributed by atoms with van der Waals surface area (Å²) in [7, 11) is 3.04. The van der Waals surface area contributed by atoms with E-state index in [1.165, 1.54) is 14.2 Å². The molecule has 1 aliphatic heterocycles. The standard InChI is InChI=1S/C27H30N2O7/c1-15(2)28(8-9-30)6-5-7-29-25-17-11-22-23(36-14-35-22)12-18(17)26(31)24(25)16-10-20(33-3)21(34-4)13-19(16)27(29)32/h10-13,15,30H,5-9,14H2,1-4H3. The largest absolute Gasteiger partial charge is 0.493 e. The van der Waals surface area contributed by atoms with Gasteiger partial charge in [0.05, 0.1) is 37.5 Å². The van der Waals surface area contributed by atoms with Gasteiger partial charge in [0, 0.05) is 42.2 Å². The molecule has 0 atom stereocenters. The van der Waals surface area contributed by atoms with E-state index in [2.05, 4.69) is 18.7 Å². The van der Waals surface area contributed by atoms with Crippen molar-refractivity contribution >= 4 is 16.6 Å². The van der Waals surface area contributed by atoms with Crippen molar-refractivity contribution in [2.24, 2.45) is 0 Å². The lowest BCUT2D eigenvalue weighted by atomic mass is 10.0. The van der Waals surface area contributed by atoms with Crippen LogP contribution in [0.1, 0.15) is 36.2 Å². The van der Waals surface area contributed by atoms with Crippen molar-refractivity contribution in [3.8, 4) is 34.3 Å². The molecular weight excluding hydrogens is 464 g/mol. The maximum Gasteiger partial charge on any atom is 0.259 e. The van der Waals surface area contributed by atoms with Crippen LogP contribution in [0.2, 0.25) is 0 Å². The minimum Gasteiger partial charge on any atom is -0.493 e. The van der Waals surface area contributed by atoms with Gasteiger partial charge in [0.1, 0.15) is 0 Å². The maximum atomic E-state index is 13.9. The van der Waals surface area contributed by atoms with E-state index in [0.717, 1.165) is 0 Å². The van der Waals surface area contributed by atoms with E-state index in [1.807, 2.05) is 0 Å². The Kier molecular flexibility index (Phi) is 6.36. The van der Waals surface area contributed by atoms with Crippen LogP contribution in [-0.4, -0.2) is 67.1 Å². The molecule has 0 spiro atoms. The summed E-state index contributed by atoms with van der Waals surface area (Å²) in [6, 6.07) is 7.08. The van der Waals surface area contributed by atoms with E-state index >= 15 is 0 Å². The number of aromatic nitrogens is 1. The molecule has 0 saturated carbocycles. The van der Waals surface area contributed by atoms with E-state index in [0.29, 0.717) is 82.2 Å². The molecule has 0 saturated heterocycles. The highest BCUT2D eigenvalue weighted by Gasteiger charge is 2.35. The number of aliphatic hydroxyl groups excluding tert-OH is 1. The Balaban J connectivity index is 1.70. The van der Waals surface area contributed by atoms with Gasteiger partial charge >= 0.3 is 0 Å². The number of pyridine rings is 1. The molecular formula is C27H30N2O7. The summed E-state index contributed by atoms with van der Waals surface area (Å²) >= 11 is 0. The predicted molar refractivity (Wildman–Crippen MR) is 135 cm³/mol. The smallest absolute Gasteiger partial charge is 0.259 e. The van der Waals surface area contributed by atoms with Crippen LogP contribution in [-0.2, 0) is 6.54 Å². The molecule has 0 amide bonds. The molecule has 0 fully saturated rings. The van der Waals surface area contributed by atoms with Crippen molar-refractivity contribution in [1.29, 1.82) is 0 Å². The van der Waals surface area contributed by atoms with E-state index < -0.39 is 0 Å². The van der Waals surface area contributed by atoms with Gasteiger partial charge in [-0.1, -0.05) is 0 Å². The minimum absolute atomic E-state index is 0.0696. The highest BCUT2D eigenvalue weighted by atomic mass is 16.7. The maximum absolute atomic E-state index is 13.9. The Labute approximate surface area is 208 Å². The first-order chi connectivity index (χ1) is 17.4. The summed E-state index contributed by atoms with van der Waals surface area (Å²) in [5.41, 5.74) is 1.97. The first-order valence-electron chi connectivity index (χ1n) is 12.1. The Hall–Kier alpha value is -3.56. The third-order valence-corrected chi connectivity index (χ3v) is 6.96. The van der Waals surface area contributed by atoms with Crippen molar-refractivity contribution < 1.29 is 28.8 Å². The first kappa shape index (κ1) is 24.1. The van der Waals surface area contributed by atoms with Gasteiger partial charge in [-0.25, -0.2) is 0 Å². The monoisotopic (exact) mass is 494 g/mol. The lowest BCUT2D eigenvalue weighted by Crippen LogP contribution is -2.35. The molecule has 2 heterocycles. The molecule has 0 bridgehead atoms. The highest BCUT2D eigenvalue weighted by Crippen LogP contribution is 2.46. The first-order valence-corrected chi connectivity index (χ1v) is 12.1. The van der Waals surface area contributed by atoms with Gasteiger partial charge in [0.2, 0.25) is 6.79 Å². The fourth-order valence-corrected chi connectivity index (χ4v) is 5.14. The van der Waals surface area contributed by atoms with Crippen LogP contribution in [0, 0.1) is 0 Å². The molecule has 3 aromatic rings. The van der Waals surface area contributed by atoms with Gasteiger partial charge in [-0.3, -0.25) is 14.5 Å². The number of hydrogen-bond acceptors (Lipinski definition) is 8. The van der Waals surface area contributed by atoms with Gasteiger partial charge in [-0.05, 0) is 44.5 Å². The fraction of sp³-hybridized carbons (Fsp3) is 0.407. The lowest BCUT2D eigenvalue weighted by molar-refractivity contribution is 0.104. The number of rotatable bonds is 9. The average Bonchev–Trinajstić information content (AvgIpc) is 3.45. The summed E-state index contributed by atoms with van der Waals surface area (Å²) in [6.45, 7) is 5.98. The normalized spacial score (nSPS) is 13.6. The van der Waals surface area contributed by atoms with Crippen LogP contribution >= 0.6 is 0 Å². The topological polar surface area (TPSA) is 99.5 Å². The molecule has 36 heavy (non-hydrogen) atoms. The van der Waals surface area contributed by atoms with Crippen molar-refractivity contribution in [3.05, 3.63) is 45.7 Å². The zero-order chi connectivity index (χ0) is 25.6. The predicted octanol–water partition coefficient (Wildman–Crippen LogP) is 3.05. The van der Waals surface area contributed by atoms with E-state index in [9.17, 15) is 14.7 Å². The molecule has 5 rings (SSSR count). The highest BCUT2D eigenvalue weighted by molar-refractivity contribution is 6.27. The second-order valence-corrected chi connectivity index (χ2v) is 9.22. The number of ketones is 1. The Morgan fingerprint density at radius 1 is 0.972 bits per heavy atom. The fourth-order valence-electron chi connectivity index (χ4n) is 5.14. The molecule has 190 valence electrons. The molecule has 1 aromatic heterocycles. The number of benzene rings is 2. The number of ether oxygens (including phenoxy) is 4. The van der Waals surface area contributed by atoms with Crippen LogP contribution in [0.4, 0.5) is 0 Å². The van der Waals surface area contributed by atoms with Crippen molar-refractivity contribution in [2.45, 2.75) is 32.9 Å². The number of methoxy groups -OCH3 is 2. The van der Waals surface area contributed by atoms with Crippen molar-refractivity contribution in [2.75, 3.05) is 40.7 Å². The number of hydrogen-bond donors (Lipinski definition) is 1. The SMILES string of the molecule is COc1cc2c3c(n(CCCN(CCO)C(C)C)c(=O)c2cc1OC)-c1cc2c(cc1C3=O)OCO2. The second kappa shape index (κ2) is 9.48. The summed E-state index contributed by atoms with van der Waals surface area (Å²) in [4.78, 5) is 29.8. The number of carbonyl (C=O) groups excluding carboxylic acids is 1. The number of fused-ring (bicyclic) bond motifs is 6. The van der Waals surface area contributed by atoms with Gasteiger partial charge in [-0.15, -0.1) is 0 Å². The van der Waals surface area contributed by atoms with Crippen molar-refractivity contribution in [3.63, 3.8) is 0 Å². The van der Waals surface area contributed by atoms with Crippen LogP contribution in [0.5, 0.6) is 23.0 Å². The summed E-state index contributed by atoms with van der Waals surface area (Å²) in [5, 5.41) is 10.3. The summed E-state index contributed by atoms with van der Waals surface area (Å²) < 4.78 is 23.7. The Morgan fingerprint density at radius 3 is 2.22 bits per heavy atom. The molecule has 0 unspecified atom stereocenters. The third-order valence-electron chi connectivity index (χ3n) is 6.96. The average molecular weight is 495 g/mol. The van der Waals surface area contributed by atoms with E-state index in [1.54, 1.807) is 28.8 Å². The lowest BCUT2D eigenvalue weighted by Gasteiger charge is -2.26. The molecule has 9 nitrogen and oxygen atoms in total. The van der Waals surface area contributed by atoms with Gasteiger partial charge < -0.3 is 28.6 Å². The molecule has 2 aromatic carbocycles. The Morgan fingerprint density at radius 2 is 1.61 bits per heavy atom. The zero-order valence-corrected chi connectivity index (χ0v) is 20.9. The van der Waals surface area contributed by atoms with Crippen LogP contribution in [0.25, 0.3) is 22.0 Å². The van der Waals surface area contributed by atoms with Gasteiger partial charge in [0.25, 0.3) is 5.56 Å². The number of nitrogens with zero attached hydrogens (tertiary/aromatic N) is 2. The van der Waals surface area contributed by atoms with E-state index in [-0.39, 0.29) is 30.8 Å². The zero-order valence-electron chi connectivity index (χ0n) is 20.9. The van der Waals surface area contributed by atoms with Crippen LogP contribution in [0.15, 0.2) is 29.1 Å². The molecule has 1 N–H and O–H groups in total. The number of carbonyl (C=O) groups is 1. The van der Waals surface area contributed by atoms with E-state index in [4.69, 9.17) is 18.9 Å².